The zero-order valence-corrected chi connectivity index (χ0v) is 18.8. The Bertz CT molecular complexity index is 1050. The van der Waals surface area contributed by atoms with Crippen molar-refractivity contribution in [2.45, 2.75) is 20.0 Å². The fourth-order valence-electron chi connectivity index (χ4n) is 2.91. The topological polar surface area (TPSA) is 78.4 Å². The lowest BCUT2D eigenvalue weighted by Crippen LogP contribution is -2.17. The monoisotopic (exact) mass is 448 g/mol. The molecule has 0 bridgehead atoms. The van der Waals surface area contributed by atoms with Crippen LogP contribution in [-0.2, 0) is 16.2 Å². The molecule has 0 fully saturated rings. The van der Waals surface area contributed by atoms with Crippen molar-refractivity contribution in [1.29, 1.82) is 0 Å². The van der Waals surface area contributed by atoms with Crippen molar-refractivity contribution in [2.75, 3.05) is 25.6 Å². The normalized spacial score (nSPS) is 10.6. The number of benzene rings is 3. The third kappa shape index (κ3) is 7.57. The third-order valence-corrected chi connectivity index (χ3v) is 4.52. The number of methoxy groups -OCH3 is 1. The highest BCUT2D eigenvalue weighted by Gasteiger charge is 2.08. The van der Waals surface area contributed by atoms with Gasteiger partial charge in [-0.05, 0) is 42.3 Å². The summed E-state index contributed by atoms with van der Waals surface area (Å²) >= 11 is 0. The van der Waals surface area contributed by atoms with Crippen molar-refractivity contribution in [1.82, 2.24) is 0 Å². The molecule has 7 nitrogen and oxygen atoms in total. The lowest BCUT2D eigenvalue weighted by Gasteiger charge is -2.11. The second-order valence-corrected chi connectivity index (χ2v) is 7.09. The Kier molecular flexibility index (Phi) is 9.15. The number of rotatable bonds is 12. The number of carbonyl (C=O) groups excluding carboxylic acids is 1. The molecule has 0 aliphatic carbocycles. The number of hydrogen-bond acceptors (Lipinski definition) is 6. The first kappa shape index (κ1) is 23.7. The SMILES string of the molecule is CCCOc1ccccc1NC(=O)CO/N=C/c1ccc(OCc2ccccc2)c(OC)c1. The van der Waals surface area contributed by atoms with Crippen molar-refractivity contribution in [3.8, 4) is 17.2 Å². The van der Waals surface area contributed by atoms with Gasteiger partial charge in [-0.1, -0.05) is 54.5 Å². The van der Waals surface area contributed by atoms with Crippen LogP contribution in [0, 0.1) is 0 Å². The Morgan fingerprint density at radius 1 is 0.939 bits per heavy atom. The summed E-state index contributed by atoms with van der Waals surface area (Å²) in [6.07, 6.45) is 2.39. The molecular weight excluding hydrogens is 420 g/mol. The van der Waals surface area contributed by atoms with Gasteiger partial charge in [-0.2, -0.15) is 0 Å². The first-order valence-corrected chi connectivity index (χ1v) is 10.7. The fourth-order valence-corrected chi connectivity index (χ4v) is 2.91. The Morgan fingerprint density at radius 3 is 2.52 bits per heavy atom. The highest BCUT2D eigenvalue weighted by molar-refractivity contribution is 5.93. The molecule has 33 heavy (non-hydrogen) atoms. The van der Waals surface area contributed by atoms with E-state index in [2.05, 4.69) is 10.5 Å². The summed E-state index contributed by atoms with van der Waals surface area (Å²) in [6.45, 7) is 2.81. The molecule has 0 radical (unpaired) electrons. The number of carbonyl (C=O) groups is 1. The molecule has 0 atom stereocenters. The number of oxime groups is 1. The molecule has 3 aromatic rings. The Balaban J connectivity index is 1.50. The smallest absolute Gasteiger partial charge is 0.265 e. The van der Waals surface area contributed by atoms with Crippen LogP contribution in [0.15, 0.2) is 78.0 Å². The standard InChI is InChI=1S/C26H28N2O5/c1-3-15-31-23-12-8-7-11-22(23)28-26(29)19-33-27-17-21-13-14-24(25(16-21)30-2)32-18-20-9-5-4-6-10-20/h4-14,16-17H,3,15,18-19H2,1-2H3,(H,28,29)/b27-17+. The van der Waals surface area contributed by atoms with E-state index in [4.69, 9.17) is 19.0 Å². The van der Waals surface area contributed by atoms with Crippen LogP contribution in [0.5, 0.6) is 17.2 Å². The first-order valence-electron chi connectivity index (χ1n) is 10.7. The Morgan fingerprint density at radius 2 is 1.73 bits per heavy atom. The largest absolute Gasteiger partial charge is 0.493 e. The minimum atomic E-state index is -0.332. The van der Waals surface area contributed by atoms with Crippen molar-refractivity contribution in [2.24, 2.45) is 5.16 Å². The van der Waals surface area contributed by atoms with Crippen LogP contribution in [0.25, 0.3) is 0 Å². The molecule has 7 heteroatoms. The number of amides is 1. The maximum atomic E-state index is 12.2. The highest BCUT2D eigenvalue weighted by Crippen LogP contribution is 2.28. The third-order valence-electron chi connectivity index (χ3n) is 4.52. The molecule has 0 saturated heterocycles. The zero-order valence-electron chi connectivity index (χ0n) is 18.8. The number of para-hydroxylation sites is 2. The van der Waals surface area contributed by atoms with Gasteiger partial charge in [0.1, 0.15) is 12.4 Å². The van der Waals surface area contributed by atoms with Gasteiger partial charge in [-0.3, -0.25) is 4.79 Å². The molecule has 1 amide bonds. The van der Waals surface area contributed by atoms with Crippen LogP contribution < -0.4 is 19.5 Å². The van der Waals surface area contributed by atoms with Gasteiger partial charge < -0.3 is 24.4 Å². The predicted molar refractivity (Wildman–Crippen MR) is 128 cm³/mol. The lowest BCUT2D eigenvalue weighted by atomic mass is 10.2. The minimum Gasteiger partial charge on any atom is -0.493 e. The van der Waals surface area contributed by atoms with E-state index in [0.29, 0.717) is 36.1 Å². The van der Waals surface area contributed by atoms with E-state index in [9.17, 15) is 4.79 Å². The maximum absolute atomic E-state index is 12.2. The Hall–Kier alpha value is -4.00. The van der Waals surface area contributed by atoms with Gasteiger partial charge in [-0.25, -0.2) is 0 Å². The second kappa shape index (κ2) is 12.8. The number of ether oxygens (including phenoxy) is 3. The summed E-state index contributed by atoms with van der Waals surface area (Å²) in [6, 6.07) is 22.6. The molecule has 0 aliphatic rings. The molecular formula is C26H28N2O5. The Labute approximate surface area is 193 Å². The van der Waals surface area contributed by atoms with Crippen molar-refractivity contribution >= 4 is 17.8 Å². The molecule has 1 N–H and O–H groups in total. The number of anilines is 1. The van der Waals surface area contributed by atoms with Gasteiger partial charge in [-0.15, -0.1) is 0 Å². The van der Waals surface area contributed by atoms with Gasteiger partial charge in [0, 0.05) is 5.56 Å². The summed E-state index contributed by atoms with van der Waals surface area (Å²) in [5, 5.41) is 6.65. The first-order chi connectivity index (χ1) is 16.2. The van der Waals surface area contributed by atoms with Crippen molar-refractivity contribution < 1.29 is 23.8 Å². The van der Waals surface area contributed by atoms with Gasteiger partial charge >= 0.3 is 0 Å². The minimum absolute atomic E-state index is 0.228. The van der Waals surface area contributed by atoms with E-state index in [0.717, 1.165) is 17.5 Å². The summed E-state index contributed by atoms with van der Waals surface area (Å²) in [5.74, 6) is 1.50. The maximum Gasteiger partial charge on any atom is 0.265 e. The highest BCUT2D eigenvalue weighted by atomic mass is 16.6. The fraction of sp³-hybridized carbons (Fsp3) is 0.231. The molecule has 0 aliphatic heterocycles. The van der Waals surface area contributed by atoms with E-state index in [1.807, 2.05) is 67.6 Å². The molecule has 3 aromatic carbocycles. The summed E-state index contributed by atoms with van der Waals surface area (Å²) in [5.41, 5.74) is 2.41. The lowest BCUT2D eigenvalue weighted by molar-refractivity contribution is -0.120. The van der Waals surface area contributed by atoms with E-state index >= 15 is 0 Å². The number of nitrogens with one attached hydrogen (secondary N) is 1. The van der Waals surface area contributed by atoms with E-state index in [-0.39, 0.29) is 12.5 Å². The van der Waals surface area contributed by atoms with Crippen LogP contribution in [0.3, 0.4) is 0 Å². The summed E-state index contributed by atoms with van der Waals surface area (Å²) < 4.78 is 16.9. The van der Waals surface area contributed by atoms with Gasteiger partial charge in [0.05, 0.1) is 25.6 Å². The second-order valence-electron chi connectivity index (χ2n) is 7.09. The molecule has 0 aromatic heterocycles. The van der Waals surface area contributed by atoms with Gasteiger partial charge in [0.15, 0.2) is 18.1 Å². The van der Waals surface area contributed by atoms with Crippen LogP contribution in [0.4, 0.5) is 5.69 Å². The average molecular weight is 449 g/mol. The summed E-state index contributed by atoms with van der Waals surface area (Å²) in [7, 11) is 1.58. The quantitative estimate of drug-likeness (QED) is 0.310. The molecule has 0 saturated carbocycles. The molecule has 3 rings (SSSR count). The molecule has 0 unspecified atom stereocenters. The van der Waals surface area contributed by atoms with Crippen LogP contribution in [0.1, 0.15) is 24.5 Å². The molecule has 0 spiro atoms. The van der Waals surface area contributed by atoms with Crippen molar-refractivity contribution in [3.05, 3.63) is 83.9 Å². The van der Waals surface area contributed by atoms with Crippen LogP contribution >= 0.6 is 0 Å². The van der Waals surface area contributed by atoms with Crippen molar-refractivity contribution in [3.63, 3.8) is 0 Å². The van der Waals surface area contributed by atoms with Crippen LogP contribution in [0.2, 0.25) is 0 Å². The van der Waals surface area contributed by atoms with E-state index in [1.54, 1.807) is 19.2 Å². The number of nitrogens with zero attached hydrogens (tertiary/aromatic N) is 1. The molecule has 0 heterocycles. The van der Waals surface area contributed by atoms with E-state index < -0.39 is 0 Å². The molecule has 172 valence electrons. The van der Waals surface area contributed by atoms with Crippen LogP contribution in [-0.4, -0.2) is 32.4 Å². The van der Waals surface area contributed by atoms with Gasteiger partial charge in [0.25, 0.3) is 5.91 Å². The average Bonchev–Trinajstić information content (AvgIpc) is 2.85. The van der Waals surface area contributed by atoms with Gasteiger partial charge in [0.2, 0.25) is 0 Å². The summed E-state index contributed by atoms with van der Waals surface area (Å²) in [4.78, 5) is 17.3. The zero-order chi connectivity index (χ0) is 23.3. The van der Waals surface area contributed by atoms with E-state index in [1.165, 1.54) is 6.21 Å². The predicted octanol–water partition coefficient (Wildman–Crippen LogP) is 5.05. The number of hydrogen-bond donors (Lipinski definition) is 1.